The van der Waals surface area contributed by atoms with Crippen molar-refractivity contribution in [3.8, 4) is 0 Å². The van der Waals surface area contributed by atoms with Gasteiger partial charge in [0.25, 0.3) is 11.6 Å². The maximum Gasteiger partial charge on any atom is 0.272 e. The molecule has 8 nitrogen and oxygen atoms in total. The molecule has 27 heavy (non-hydrogen) atoms. The van der Waals surface area contributed by atoms with Gasteiger partial charge in [0.15, 0.2) is 0 Å². The molecule has 3 rings (SSSR count). The first kappa shape index (κ1) is 18.4. The number of fused-ring (bicyclic) bond motifs is 1. The van der Waals surface area contributed by atoms with Crippen LogP contribution in [0.4, 0.5) is 11.4 Å². The van der Waals surface area contributed by atoms with E-state index in [9.17, 15) is 19.7 Å². The number of nitro benzene ring substituents is 1. The van der Waals surface area contributed by atoms with E-state index < -0.39 is 11.1 Å². The Labute approximate surface area is 156 Å². The second-order valence-corrected chi connectivity index (χ2v) is 6.41. The minimum Gasteiger partial charge on any atom is -0.358 e. The molecule has 1 aliphatic rings. The fourth-order valence-corrected chi connectivity index (χ4v) is 3.34. The Morgan fingerprint density at radius 3 is 2.63 bits per heavy atom. The number of nitro groups is 1. The van der Waals surface area contributed by atoms with E-state index in [2.05, 4.69) is 5.32 Å². The van der Waals surface area contributed by atoms with Gasteiger partial charge in [-0.2, -0.15) is 0 Å². The highest BCUT2D eigenvalue weighted by atomic mass is 16.6. The third-order valence-corrected chi connectivity index (χ3v) is 4.75. The molecule has 0 aromatic heterocycles. The van der Waals surface area contributed by atoms with E-state index in [1.54, 1.807) is 62.3 Å². The van der Waals surface area contributed by atoms with Gasteiger partial charge in [-0.15, -0.1) is 0 Å². The van der Waals surface area contributed by atoms with E-state index in [0.717, 1.165) is 0 Å². The minimum atomic E-state index is -0.635. The van der Waals surface area contributed by atoms with Gasteiger partial charge in [0.2, 0.25) is 5.91 Å². The van der Waals surface area contributed by atoms with Gasteiger partial charge in [-0.25, -0.2) is 0 Å². The molecule has 0 aliphatic carbocycles. The van der Waals surface area contributed by atoms with E-state index >= 15 is 0 Å². The van der Waals surface area contributed by atoms with Gasteiger partial charge < -0.3 is 15.1 Å². The van der Waals surface area contributed by atoms with Crippen LogP contribution in [0.2, 0.25) is 0 Å². The number of amides is 2. The molecule has 1 heterocycles. The Morgan fingerprint density at radius 1 is 1.26 bits per heavy atom. The number of carbonyl (C=O) groups excluding carboxylic acids is 2. The standard InChI is InChI=1S/C19H20N4O4/c1-12-8-9-13(10-16(12)23(26)27)18-21(3)19(25)14-6-4-5-7-15(14)22(18)11-17(24)20-2/h4-10,18H,11H2,1-3H3,(H,20,24)/t18-/m0/s1. The lowest BCUT2D eigenvalue weighted by atomic mass is 10.00. The van der Waals surface area contributed by atoms with Crippen molar-refractivity contribution in [2.45, 2.75) is 13.1 Å². The zero-order chi connectivity index (χ0) is 19.7. The Hall–Kier alpha value is -3.42. The van der Waals surface area contributed by atoms with Gasteiger partial charge in [-0.1, -0.05) is 24.3 Å². The molecule has 0 radical (unpaired) electrons. The zero-order valence-corrected chi connectivity index (χ0v) is 15.3. The van der Waals surface area contributed by atoms with E-state index in [1.165, 1.54) is 11.0 Å². The lowest BCUT2D eigenvalue weighted by Gasteiger charge is -2.43. The van der Waals surface area contributed by atoms with Crippen molar-refractivity contribution in [1.29, 1.82) is 0 Å². The highest BCUT2D eigenvalue weighted by Crippen LogP contribution is 2.38. The molecule has 0 saturated carbocycles. The number of benzene rings is 2. The topological polar surface area (TPSA) is 95.8 Å². The molecular weight excluding hydrogens is 348 g/mol. The molecule has 2 amide bonds. The predicted molar refractivity (Wildman–Crippen MR) is 101 cm³/mol. The van der Waals surface area contributed by atoms with Gasteiger partial charge in [0, 0.05) is 31.3 Å². The Morgan fingerprint density at radius 2 is 1.96 bits per heavy atom. The van der Waals surface area contributed by atoms with Gasteiger partial charge in [-0.05, 0) is 19.1 Å². The van der Waals surface area contributed by atoms with E-state index in [4.69, 9.17) is 0 Å². The van der Waals surface area contributed by atoms with Crippen LogP contribution in [0.25, 0.3) is 0 Å². The van der Waals surface area contributed by atoms with Crippen LogP contribution in [0.5, 0.6) is 0 Å². The van der Waals surface area contributed by atoms with Gasteiger partial charge >= 0.3 is 0 Å². The highest BCUT2D eigenvalue weighted by molar-refractivity contribution is 6.02. The minimum absolute atomic E-state index is 0.0114. The summed E-state index contributed by atoms with van der Waals surface area (Å²) in [6.45, 7) is 1.67. The Bertz CT molecular complexity index is 928. The molecule has 1 aliphatic heterocycles. The average molecular weight is 368 g/mol. The SMILES string of the molecule is CNC(=O)CN1c2ccccc2C(=O)N(C)[C@@H]1c1ccc(C)c([N+](=O)[O-])c1. The number of para-hydroxylation sites is 1. The summed E-state index contributed by atoms with van der Waals surface area (Å²) in [5.41, 5.74) is 2.19. The number of hydrogen-bond donors (Lipinski definition) is 1. The zero-order valence-electron chi connectivity index (χ0n) is 15.3. The third kappa shape index (κ3) is 3.21. The number of rotatable bonds is 4. The fraction of sp³-hybridized carbons (Fsp3) is 0.263. The first-order valence-corrected chi connectivity index (χ1v) is 8.43. The van der Waals surface area contributed by atoms with Crippen molar-refractivity contribution in [1.82, 2.24) is 10.2 Å². The lowest BCUT2D eigenvalue weighted by molar-refractivity contribution is -0.385. The second-order valence-electron chi connectivity index (χ2n) is 6.41. The first-order valence-electron chi connectivity index (χ1n) is 8.43. The molecule has 8 heteroatoms. The number of aryl methyl sites for hydroxylation is 1. The van der Waals surface area contributed by atoms with Crippen LogP contribution < -0.4 is 10.2 Å². The summed E-state index contributed by atoms with van der Waals surface area (Å²) in [6, 6.07) is 11.9. The van der Waals surface area contributed by atoms with Gasteiger partial charge in [-0.3, -0.25) is 19.7 Å². The molecule has 0 bridgehead atoms. The summed E-state index contributed by atoms with van der Waals surface area (Å²) < 4.78 is 0. The van der Waals surface area contributed by atoms with Crippen molar-refractivity contribution in [3.05, 3.63) is 69.3 Å². The van der Waals surface area contributed by atoms with E-state index in [0.29, 0.717) is 22.4 Å². The Balaban J connectivity index is 2.17. The molecule has 1 N–H and O–H groups in total. The average Bonchev–Trinajstić information content (AvgIpc) is 2.66. The number of likely N-dealkylation sites (N-methyl/N-ethyl adjacent to an activating group) is 1. The van der Waals surface area contributed by atoms with E-state index in [-0.39, 0.29) is 24.0 Å². The van der Waals surface area contributed by atoms with Crippen LogP contribution in [0.1, 0.15) is 27.7 Å². The molecule has 2 aromatic carbocycles. The number of carbonyl (C=O) groups is 2. The fourth-order valence-electron chi connectivity index (χ4n) is 3.34. The van der Waals surface area contributed by atoms with Crippen LogP contribution in [0.3, 0.4) is 0 Å². The van der Waals surface area contributed by atoms with Gasteiger partial charge in [0.05, 0.1) is 22.7 Å². The molecule has 1 atom stereocenters. The van der Waals surface area contributed by atoms with Crippen molar-refractivity contribution in [2.24, 2.45) is 0 Å². The van der Waals surface area contributed by atoms with Crippen LogP contribution in [-0.2, 0) is 4.79 Å². The van der Waals surface area contributed by atoms with Crippen molar-refractivity contribution in [2.75, 3.05) is 25.5 Å². The van der Waals surface area contributed by atoms with Crippen LogP contribution in [-0.4, -0.2) is 42.3 Å². The second kappa shape index (κ2) is 7.06. The summed E-state index contributed by atoms with van der Waals surface area (Å²) in [4.78, 5) is 39.2. The smallest absolute Gasteiger partial charge is 0.272 e. The summed E-state index contributed by atoms with van der Waals surface area (Å²) >= 11 is 0. The van der Waals surface area contributed by atoms with Crippen molar-refractivity contribution >= 4 is 23.2 Å². The van der Waals surface area contributed by atoms with E-state index in [1.807, 2.05) is 0 Å². The summed E-state index contributed by atoms with van der Waals surface area (Å²) in [5.74, 6) is -0.425. The maximum absolute atomic E-state index is 12.9. The lowest BCUT2D eigenvalue weighted by Crippen LogP contribution is -2.50. The summed E-state index contributed by atoms with van der Waals surface area (Å²) in [6.07, 6.45) is -0.635. The van der Waals surface area contributed by atoms with Crippen molar-refractivity contribution < 1.29 is 14.5 Å². The first-order chi connectivity index (χ1) is 12.8. The van der Waals surface area contributed by atoms with Crippen LogP contribution >= 0.6 is 0 Å². The van der Waals surface area contributed by atoms with Crippen molar-refractivity contribution in [3.63, 3.8) is 0 Å². The summed E-state index contributed by atoms with van der Waals surface area (Å²) in [5, 5.41) is 13.9. The normalized spacial score (nSPS) is 16.1. The quantitative estimate of drug-likeness (QED) is 0.660. The maximum atomic E-state index is 12.9. The highest BCUT2D eigenvalue weighted by Gasteiger charge is 2.37. The number of nitrogens with one attached hydrogen (secondary N) is 1. The van der Waals surface area contributed by atoms with Crippen LogP contribution in [0, 0.1) is 17.0 Å². The Kier molecular flexibility index (Phi) is 4.81. The molecule has 0 unspecified atom stereocenters. The largest absolute Gasteiger partial charge is 0.358 e. The molecular formula is C19H20N4O4. The summed E-state index contributed by atoms with van der Waals surface area (Å²) in [7, 11) is 3.17. The van der Waals surface area contributed by atoms with Gasteiger partial charge in [0.1, 0.15) is 6.17 Å². The predicted octanol–water partition coefficient (Wildman–Crippen LogP) is 2.24. The number of anilines is 1. The monoisotopic (exact) mass is 368 g/mol. The molecule has 0 fully saturated rings. The van der Waals surface area contributed by atoms with Crippen LogP contribution in [0.15, 0.2) is 42.5 Å². The molecule has 2 aromatic rings. The molecule has 0 saturated heterocycles. The number of hydrogen-bond acceptors (Lipinski definition) is 5. The molecule has 140 valence electrons. The number of nitrogens with zero attached hydrogens (tertiary/aromatic N) is 3. The third-order valence-electron chi connectivity index (χ3n) is 4.75. The molecule has 0 spiro atoms.